The van der Waals surface area contributed by atoms with Crippen molar-refractivity contribution in [1.29, 1.82) is 0 Å². The van der Waals surface area contributed by atoms with Crippen molar-refractivity contribution in [1.82, 2.24) is 10.2 Å². The third-order valence-corrected chi connectivity index (χ3v) is 4.32. The minimum Gasteiger partial charge on any atom is -0.493 e. The molecule has 0 aliphatic heterocycles. The molecule has 23 heavy (non-hydrogen) atoms. The molecule has 3 aromatic rings. The fraction of sp³-hybridized carbons (Fsp3) is 0.176. The van der Waals surface area contributed by atoms with E-state index >= 15 is 0 Å². The van der Waals surface area contributed by atoms with Crippen molar-refractivity contribution in [3.63, 3.8) is 0 Å². The molecule has 0 saturated carbocycles. The molecule has 0 N–H and O–H groups in total. The standard InChI is InChI=1S/C17H15BrN2O2S/c1-12-4-2-7-15(10-12)21-8-9-23-17-20-19-16(22-17)13-5-3-6-14(18)11-13/h2-7,10-11H,8-9H2,1H3. The molecule has 0 unspecified atom stereocenters. The minimum atomic E-state index is 0.522. The van der Waals surface area contributed by atoms with Gasteiger partial charge in [-0.1, -0.05) is 45.9 Å². The second kappa shape index (κ2) is 7.66. The lowest BCUT2D eigenvalue weighted by Crippen LogP contribution is -2.00. The first-order valence-corrected chi connectivity index (χ1v) is 8.90. The largest absolute Gasteiger partial charge is 0.493 e. The van der Waals surface area contributed by atoms with Crippen molar-refractivity contribution < 1.29 is 9.15 Å². The fourth-order valence-corrected chi connectivity index (χ4v) is 2.98. The van der Waals surface area contributed by atoms with E-state index in [1.165, 1.54) is 17.3 Å². The van der Waals surface area contributed by atoms with Crippen LogP contribution in [-0.2, 0) is 0 Å². The van der Waals surface area contributed by atoms with Gasteiger partial charge in [-0.2, -0.15) is 0 Å². The van der Waals surface area contributed by atoms with Gasteiger partial charge < -0.3 is 9.15 Å². The van der Waals surface area contributed by atoms with Crippen LogP contribution in [0.5, 0.6) is 5.75 Å². The smallest absolute Gasteiger partial charge is 0.276 e. The number of benzene rings is 2. The molecule has 0 aliphatic carbocycles. The Bertz CT molecular complexity index is 792. The van der Waals surface area contributed by atoms with Crippen LogP contribution in [0.15, 0.2) is 62.6 Å². The highest BCUT2D eigenvalue weighted by molar-refractivity contribution is 9.10. The van der Waals surface area contributed by atoms with E-state index in [2.05, 4.69) is 26.1 Å². The molecule has 118 valence electrons. The second-order valence-electron chi connectivity index (χ2n) is 4.90. The van der Waals surface area contributed by atoms with E-state index in [1.807, 2.05) is 55.5 Å². The molecule has 6 heteroatoms. The van der Waals surface area contributed by atoms with E-state index in [9.17, 15) is 0 Å². The first kappa shape index (κ1) is 16.1. The van der Waals surface area contributed by atoms with E-state index in [4.69, 9.17) is 9.15 Å². The number of aryl methyl sites for hydroxylation is 1. The maximum Gasteiger partial charge on any atom is 0.276 e. The highest BCUT2D eigenvalue weighted by Crippen LogP contribution is 2.25. The summed E-state index contributed by atoms with van der Waals surface area (Å²) in [5.74, 6) is 2.15. The molecule has 0 atom stereocenters. The first-order chi connectivity index (χ1) is 11.2. The van der Waals surface area contributed by atoms with Crippen LogP contribution in [0.4, 0.5) is 0 Å². The molecule has 1 heterocycles. The predicted molar refractivity (Wildman–Crippen MR) is 94.8 cm³/mol. The molecule has 0 amide bonds. The number of halogens is 1. The molecule has 1 aromatic heterocycles. The zero-order valence-corrected chi connectivity index (χ0v) is 14.9. The summed E-state index contributed by atoms with van der Waals surface area (Å²) in [5.41, 5.74) is 2.08. The normalized spacial score (nSPS) is 10.7. The third kappa shape index (κ3) is 4.59. The average molecular weight is 391 g/mol. The molecule has 0 bridgehead atoms. The third-order valence-electron chi connectivity index (χ3n) is 3.05. The highest BCUT2D eigenvalue weighted by atomic mass is 79.9. The molecule has 3 rings (SSSR count). The monoisotopic (exact) mass is 390 g/mol. The van der Waals surface area contributed by atoms with E-state index in [0.717, 1.165) is 21.5 Å². The van der Waals surface area contributed by atoms with Crippen molar-refractivity contribution in [3.8, 4) is 17.2 Å². The van der Waals surface area contributed by atoms with Gasteiger partial charge in [0, 0.05) is 15.8 Å². The lowest BCUT2D eigenvalue weighted by atomic mass is 10.2. The molecular weight excluding hydrogens is 376 g/mol. The zero-order valence-electron chi connectivity index (χ0n) is 12.5. The summed E-state index contributed by atoms with van der Waals surface area (Å²) in [6.07, 6.45) is 0. The summed E-state index contributed by atoms with van der Waals surface area (Å²) >= 11 is 4.92. The summed E-state index contributed by atoms with van der Waals surface area (Å²) in [5, 5.41) is 8.68. The van der Waals surface area contributed by atoms with Crippen molar-refractivity contribution in [2.24, 2.45) is 0 Å². The Morgan fingerprint density at radius 2 is 2.00 bits per heavy atom. The van der Waals surface area contributed by atoms with Crippen LogP contribution in [0.2, 0.25) is 0 Å². The molecule has 4 nitrogen and oxygen atoms in total. The minimum absolute atomic E-state index is 0.522. The Hall–Kier alpha value is -1.79. The van der Waals surface area contributed by atoms with Crippen LogP contribution in [0, 0.1) is 6.92 Å². The van der Waals surface area contributed by atoms with E-state index in [0.29, 0.717) is 17.7 Å². The van der Waals surface area contributed by atoms with Gasteiger partial charge in [-0.15, -0.1) is 10.2 Å². The van der Waals surface area contributed by atoms with E-state index in [1.54, 1.807) is 0 Å². The van der Waals surface area contributed by atoms with Gasteiger partial charge in [-0.3, -0.25) is 0 Å². The van der Waals surface area contributed by atoms with Crippen molar-refractivity contribution in [2.45, 2.75) is 12.1 Å². The molecule has 0 aliphatic rings. The van der Waals surface area contributed by atoms with Gasteiger partial charge in [0.1, 0.15) is 5.75 Å². The SMILES string of the molecule is Cc1cccc(OCCSc2nnc(-c3cccc(Br)c3)o2)c1. The van der Waals surface area contributed by atoms with Crippen LogP contribution in [0.3, 0.4) is 0 Å². The molecule has 0 radical (unpaired) electrons. The zero-order chi connectivity index (χ0) is 16.1. The number of ether oxygens (including phenoxy) is 1. The summed E-state index contributed by atoms with van der Waals surface area (Å²) < 4.78 is 12.3. The maximum absolute atomic E-state index is 5.70. The Kier molecular flexibility index (Phi) is 5.35. The summed E-state index contributed by atoms with van der Waals surface area (Å²) in [6.45, 7) is 2.63. The Labute approximate surface area is 147 Å². The molecule has 0 spiro atoms. The second-order valence-corrected chi connectivity index (χ2v) is 6.86. The number of rotatable bonds is 6. The van der Waals surface area contributed by atoms with Gasteiger partial charge in [0.2, 0.25) is 5.89 Å². The Morgan fingerprint density at radius 3 is 2.83 bits per heavy atom. The quantitative estimate of drug-likeness (QED) is 0.438. The van der Waals surface area contributed by atoms with Gasteiger partial charge in [-0.25, -0.2) is 0 Å². The van der Waals surface area contributed by atoms with Gasteiger partial charge in [0.05, 0.1) is 6.61 Å². The fourth-order valence-electron chi connectivity index (χ4n) is 2.00. The van der Waals surface area contributed by atoms with E-state index < -0.39 is 0 Å². The lowest BCUT2D eigenvalue weighted by Gasteiger charge is -2.05. The van der Waals surface area contributed by atoms with Crippen LogP contribution in [-0.4, -0.2) is 22.6 Å². The lowest BCUT2D eigenvalue weighted by molar-refractivity contribution is 0.343. The molecule has 0 fully saturated rings. The van der Waals surface area contributed by atoms with Crippen LogP contribution in [0.25, 0.3) is 11.5 Å². The predicted octanol–water partition coefficient (Wildman–Crippen LogP) is 4.98. The number of hydrogen-bond donors (Lipinski definition) is 0. The highest BCUT2D eigenvalue weighted by Gasteiger charge is 2.09. The number of nitrogens with zero attached hydrogens (tertiary/aromatic N) is 2. The van der Waals surface area contributed by atoms with Gasteiger partial charge in [0.25, 0.3) is 5.22 Å². The summed E-state index contributed by atoms with van der Waals surface area (Å²) in [4.78, 5) is 0. The Morgan fingerprint density at radius 1 is 1.13 bits per heavy atom. The number of hydrogen-bond acceptors (Lipinski definition) is 5. The maximum atomic E-state index is 5.70. The van der Waals surface area contributed by atoms with Gasteiger partial charge >= 0.3 is 0 Å². The molecular formula is C17H15BrN2O2S. The first-order valence-electron chi connectivity index (χ1n) is 7.12. The van der Waals surface area contributed by atoms with E-state index in [-0.39, 0.29) is 0 Å². The molecule has 2 aromatic carbocycles. The van der Waals surface area contributed by atoms with Crippen molar-refractivity contribution in [3.05, 3.63) is 58.6 Å². The van der Waals surface area contributed by atoms with Crippen molar-refractivity contribution >= 4 is 27.7 Å². The van der Waals surface area contributed by atoms with Crippen LogP contribution >= 0.6 is 27.7 Å². The van der Waals surface area contributed by atoms with Gasteiger partial charge in [0.15, 0.2) is 0 Å². The van der Waals surface area contributed by atoms with Crippen LogP contribution < -0.4 is 4.74 Å². The summed E-state index contributed by atoms with van der Waals surface area (Å²) in [6, 6.07) is 15.8. The average Bonchev–Trinajstić information content (AvgIpc) is 3.01. The molecule has 0 saturated heterocycles. The van der Waals surface area contributed by atoms with Crippen LogP contribution in [0.1, 0.15) is 5.56 Å². The topological polar surface area (TPSA) is 48.2 Å². The number of aromatic nitrogens is 2. The summed E-state index contributed by atoms with van der Waals surface area (Å²) in [7, 11) is 0. The number of thioether (sulfide) groups is 1. The Balaban J connectivity index is 1.51. The van der Waals surface area contributed by atoms with Gasteiger partial charge in [-0.05, 0) is 42.8 Å². The van der Waals surface area contributed by atoms with Crippen molar-refractivity contribution in [2.75, 3.05) is 12.4 Å².